The molecule has 5 nitrogen and oxygen atoms in total. The predicted octanol–water partition coefficient (Wildman–Crippen LogP) is 2.17. The Kier molecular flexibility index (Phi) is 5.82. The molecule has 0 saturated carbocycles. The third-order valence-corrected chi connectivity index (χ3v) is 3.27. The Balaban J connectivity index is 0.000000246. The van der Waals surface area contributed by atoms with Crippen molar-refractivity contribution in [3.8, 4) is 0 Å². The zero-order chi connectivity index (χ0) is 15.3. The summed E-state index contributed by atoms with van der Waals surface area (Å²) in [5.41, 5.74) is 0. The number of hydrogen-bond donors (Lipinski definition) is 2. The maximum atomic E-state index is 10.6. The van der Waals surface area contributed by atoms with Crippen molar-refractivity contribution in [2.75, 3.05) is 13.1 Å². The van der Waals surface area contributed by atoms with Gasteiger partial charge in [0.1, 0.15) is 11.0 Å². The molecule has 0 atom stereocenters. The van der Waals surface area contributed by atoms with Crippen molar-refractivity contribution < 1.29 is 23.1 Å². The van der Waals surface area contributed by atoms with Crippen molar-refractivity contribution in [2.24, 2.45) is 7.05 Å². The third-order valence-electron chi connectivity index (χ3n) is 2.91. The quantitative estimate of drug-likeness (QED) is 0.834. The van der Waals surface area contributed by atoms with Crippen LogP contribution in [0.5, 0.6) is 0 Å². The fraction of sp³-hybridized carbons (Fsp3) is 0.636. The Morgan fingerprint density at radius 1 is 1.50 bits per heavy atom. The summed E-state index contributed by atoms with van der Waals surface area (Å²) in [5.74, 6) is -1.04. The molecule has 1 aliphatic rings. The molecule has 2 rings (SSSR count). The van der Waals surface area contributed by atoms with Crippen LogP contribution < -0.4 is 5.32 Å². The average molecular weight is 314 g/mol. The molecular formula is C11H15ClF3N3O2. The number of nitrogens with one attached hydrogen (secondary N) is 1. The number of hydrogen-bond acceptors (Lipinski definition) is 3. The van der Waals surface area contributed by atoms with Crippen molar-refractivity contribution in [1.29, 1.82) is 0 Å². The Morgan fingerprint density at radius 2 is 2.00 bits per heavy atom. The largest absolute Gasteiger partial charge is 0.490 e. The number of carboxylic acid groups (broad SMARTS) is 1. The van der Waals surface area contributed by atoms with Crippen LogP contribution in [0.4, 0.5) is 13.2 Å². The minimum atomic E-state index is -5.08. The van der Waals surface area contributed by atoms with Gasteiger partial charge in [-0.05, 0) is 25.9 Å². The summed E-state index contributed by atoms with van der Waals surface area (Å²) < 4.78 is 33.7. The lowest BCUT2D eigenvalue weighted by Gasteiger charge is -2.22. The summed E-state index contributed by atoms with van der Waals surface area (Å²) in [7, 11) is 1.98. The topological polar surface area (TPSA) is 67.2 Å². The molecule has 1 aliphatic heterocycles. The Labute approximate surface area is 118 Å². The second-order valence-corrected chi connectivity index (χ2v) is 4.71. The van der Waals surface area contributed by atoms with Gasteiger partial charge in [0.15, 0.2) is 0 Å². The number of rotatable bonds is 1. The van der Waals surface area contributed by atoms with Crippen molar-refractivity contribution in [3.63, 3.8) is 0 Å². The summed E-state index contributed by atoms with van der Waals surface area (Å²) in [6.45, 7) is 2.18. The standard InChI is InChI=1S/C9H14ClN3.C2HF3O2/c1-13-8(10)6-12-9(13)7-2-4-11-5-3-7;3-2(4,5)1(6)7/h6-7,11H,2-5H2,1H3;(H,6,7). The Hall–Kier alpha value is -1.28. The lowest BCUT2D eigenvalue weighted by atomic mass is 9.97. The maximum Gasteiger partial charge on any atom is 0.490 e. The monoisotopic (exact) mass is 313 g/mol. The van der Waals surface area contributed by atoms with E-state index in [2.05, 4.69) is 10.3 Å². The molecule has 0 bridgehead atoms. The van der Waals surface area contributed by atoms with Crippen molar-refractivity contribution >= 4 is 17.6 Å². The number of carbonyl (C=O) groups is 1. The van der Waals surface area contributed by atoms with Crippen LogP contribution in [0.1, 0.15) is 24.6 Å². The molecular weight excluding hydrogens is 299 g/mol. The number of nitrogens with zero attached hydrogens (tertiary/aromatic N) is 2. The van der Waals surface area contributed by atoms with E-state index in [0.29, 0.717) is 5.92 Å². The van der Waals surface area contributed by atoms with Crippen LogP contribution in [0.3, 0.4) is 0 Å². The number of aromatic nitrogens is 2. The van der Waals surface area contributed by atoms with Gasteiger partial charge in [0.25, 0.3) is 0 Å². The van der Waals surface area contributed by atoms with E-state index in [1.165, 1.54) is 12.8 Å². The first-order valence-electron chi connectivity index (χ1n) is 5.91. The van der Waals surface area contributed by atoms with Crippen LogP contribution in [0, 0.1) is 0 Å². The molecule has 2 heterocycles. The summed E-state index contributed by atoms with van der Waals surface area (Å²) >= 11 is 5.93. The van der Waals surface area contributed by atoms with E-state index in [0.717, 1.165) is 24.1 Å². The van der Waals surface area contributed by atoms with E-state index in [1.54, 1.807) is 6.20 Å². The SMILES string of the molecule is Cn1c(Cl)cnc1C1CCNCC1.O=C(O)C(F)(F)F. The molecule has 2 N–H and O–H groups in total. The van der Waals surface area contributed by atoms with E-state index in [-0.39, 0.29) is 0 Å². The number of alkyl halides is 3. The van der Waals surface area contributed by atoms with Gasteiger partial charge in [-0.15, -0.1) is 0 Å². The van der Waals surface area contributed by atoms with E-state index in [9.17, 15) is 13.2 Å². The third kappa shape index (κ3) is 4.68. The summed E-state index contributed by atoms with van der Waals surface area (Å²) in [6.07, 6.45) is -1.01. The summed E-state index contributed by atoms with van der Waals surface area (Å²) in [6, 6.07) is 0. The lowest BCUT2D eigenvalue weighted by molar-refractivity contribution is -0.192. The molecule has 1 fully saturated rings. The van der Waals surface area contributed by atoms with Gasteiger partial charge >= 0.3 is 12.1 Å². The van der Waals surface area contributed by atoms with Gasteiger partial charge in [0, 0.05) is 13.0 Å². The van der Waals surface area contributed by atoms with Crippen LogP contribution >= 0.6 is 11.6 Å². The van der Waals surface area contributed by atoms with Crippen molar-refractivity contribution in [1.82, 2.24) is 14.9 Å². The first-order chi connectivity index (χ1) is 9.23. The average Bonchev–Trinajstić information content (AvgIpc) is 2.71. The summed E-state index contributed by atoms with van der Waals surface area (Å²) in [4.78, 5) is 13.2. The van der Waals surface area contributed by atoms with Gasteiger partial charge in [-0.1, -0.05) is 11.6 Å². The van der Waals surface area contributed by atoms with Crippen molar-refractivity contribution in [3.05, 3.63) is 17.2 Å². The van der Waals surface area contributed by atoms with Gasteiger partial charge in [-0.25, -0.2) is 9.78 Å². The number of halogens is 4. The molecule has 0 radical (unpaired) electrons. The highest BCUT2D eigenvalue weighted by molar-refractivity contribution is 6.29. The highest BCUT2D eigenvalue weighted by Crippen LogP contribution is 2.25. The van der Waals surface area contributed by atoms with Crippen LogP contribution in [0.2, 0.25) is 5.15 Å². The Bertz CT molecular complexity index is 456. The zero-order valence-corrected chi connectivity index (χ0v) is 11.5. The van der Waals surface area contributed by atoms with E-state index >= 15 is 0 Å². The van der Waals surface area contributed by atoms with E-state index in [1.807, 2.05) is 11.6 Å². The molecule has 0 spiro atoms. The number of piperidine rings is 1. The van der Waals surface area contributed by atoms with Gasteiger partial charge < -0.3 is 15.0 Å². The molecule has 114 valence electrons. The van der Waals surface area contributed by atoms with E-state index < -0.39 is 12.1 Å². The first kappa shape index (κ1) is 16.8. The second kappa shape index (κ2) is 6.94. The molecule has 0 amide bonds. The normalized spacial score (nSPS) is 16.4. The fourth-order valence-electron chi connectivity index (χ4n) is 1.86. The van der Waals surface area contributed by atoms with Crippen molar-refractivity contribution in [2.45, 2.75) is 24.9 Å². The number of imidazole rings is 1. The molecule has 20 heavy (non-hydrogen) atoms. The molecule has 1 saturated heterocycles. The lowest BCUT2D eigenvalue weighted by Crippen LogP contribution is -2.27. The molecule has 1 aromatic heterocycles. The van der Waals surface area contributed by atoms with Crippen LogP contribution in [-0.4, -0.2) is 39.9 Å². The van der Waals surface area contributed by atoms with Crippen LogP contribution in [0.15, 0.2) is 6.20 Å². The molecule has 9 heteroatoms. The molecule has 0 aromatic carbocycles. The smallest absolute Gasteiger partial charge is 0.475 e. The Morgan fingerprint density at radius 3 is 2.35 bits per heavy atom. The molecule has 0 unspecified atom stereocenters. The van der Waals surface area contributed by atoms with Gasteiger partial charge in [0.2, 0.25) is 0 Å². The highest BCUT2D eigenvalue weighted by atomic mass is 35.5. The number of aliphatic carboxylic acids is 1. The molecule has 0 aliphatic carbocycles. The van der Waals surface area contributed by atoms with Gasteiger partial charge in [0.05, 0.1) is 6.20 Å². The summed E-state index contributed by atoms with van der Waals surface area (Å²) in [5, 5.41) is 11.2. The second-order valence-electron chi connectivity index (χ2n) is 4.33. The maximum absolute atomic E-state index is 10.6. The first-order valence-corrected chi connectivity index (χ1v) is 6.29. The molecule has 1 aromatic rings. The minimum Gasteiger partial charge on any atom is -0.475 e. The fourth-order valence-corrected chi connectivity index (χ4v) is 2.00. The minimum absolute atomic E-state index is 0.582. The van der Waals surface area contributed by atoms with Gasteiger partial charge in [-0.3, -0.25) is 0 Å². The zero-order valence-electron chi connectivity index (χ0n) is 10.7. The highest BCUT2D eigenvalue weighted by Gasteiger charge is 2.38. The van der Waals surface area contributed by atoms with Crippen LogP contribution in [0.25, 0.3) is 0 Å². The van der Waals surface area contributed by atoms with E-state index in [4.69, 9.17) is 21.5 Å². The van der Waals surface area contributed by atoms with Crippen LogP contribution in [-0.2, 0) is 11.8 Å². The predicted molar refractivity (Wildman–Crippen MR) is 66.8 cm³/mol. The number of carboxylic acids is 1. The van der Waals surface area contributed by atoms with Gasteiger partial charge in [-0.2, -0.15) is 13.2 Å².